The Morgan fingerprint density at radius 2 is 2.20 bits per heavy atom. The maximum absolute atomic E-state index is 13.1. The molecule has 0 amide bonds. The van der Waals surface area contributed by atoms with E-state index in [2.05, 4.69) is 31.9 Å². The molecule has 0 aliphatic rings. The van der Waals surface area contributed by atoms with Crippen LogP contribution in [0.1, 0.15) is 6.92 Å². The predicted octanol–water partition coefficient (Wildman–Crippen LogP) is 4.65. The summed E-state index contributed by atoms with van der Waals surface area (Å²) in [5.74, 6) is 0.377. The molecule has 0 aromatic heterocycles. The molecule has 0 saturated heterocycles. The topological polar surface area (TPSA) is 9.23 Å². The first-order valence-corrected chi connectivity index (χ1v) is 6.67. The van der Waals surface area contributed by atoms with Gasteiger partial charge in [0.05, 0.1) is 16.1 Å². The van der Waals surface area contributed by atoms with Crippen LogP contribution < -0.4 is 4.74 Å². The monoisotopic (exact) mass is 358 g/mol. The summed E-state index contributed by atoms with van der Waals surface area (Å²) < 4.78 is 19.2. The molecule has 5 heteroatoms. The molecule has 1 aromatic rings. The normalized spacial score (nSPS) is 12.6. The van der Waals surface area contributed by atoms with E-state index in [9.17, 15) is 4.39 Å². The van der Waals surface area contributed by atoms with Crippen LogP contribution in [0.15, 0.2) is 16.6 Å². The van der Waals surface area contributed by atoms with Gasteiger partial charge in [0.25, 0.3) is 0 Å². The van der Waals surface area contributed by atoms with Crippen molar-refractivity contribution in [2.24, 2.45) is 5.92 Å². The average Bonchev–Trinajstić information content (AvgIpc) is 2.21. The molecular weight excluding hydrogens is 350 g/mol. The van der Waals surface area contributed by atoms with E-state index in [1.54, 1.807) is 0 Å². The van der Waals surface area contributed by atoms with Crippen molar-refractivity contribution >= 4 is 43.5 Å². The Kier molecular flexibility index (Phi) is 5.36. The summed E-state index contributed by atoms with van der Waals surface area (Å²) in [7, 11) is 0. The lowest BCUT2D eigenvalue weighted by atomic mass is 10.2. The van der Waals surface area contributed by atoms with Gasteiger partial charge in [0.2, 0.25) is 0 Å². The number of hydrogen-bond acceptors (Lipinski definition) is 1. The van der Waals surface area contributed by atoms with Crippen LogP contribution in [0.4, 0.5) is 4.39 Å². The maximum Gasteiger partial charge on any atom is 0.145 e. The molecule has 1 unspecified atom stereocenters. The number of ether oxygens (including phenoxy) is 1. The third-order valence-corrected chi connectivity index (χ3v) is 3.78. The van der Waals surface area contributed by atoms with Crippen molar-refractivity contribution in [1.82, 2.24) is 0 Å². The zero-order valence-electron chi connectivity index (χ0n) is 8.07. The highest BCUT2D eigenvalue weighted by molar-refractivity contribution is 9.10. The summed E-state index contributed by atoms with van der Waals surface area (Å²) in [4.78, 5) is 0. The van der Waals surface area contributed by atoms with Crippen LogP contribution in [-0.2, 0) is 0 Å². The van der Waals surface area contributed by atoms with Gasteiger partial charge in [0.15, 0.2) is 0 Å². The molecule has 0 saturated carbocycles. The quantitative estimate of drug-likeness (QED) is 0.561. The van der Waals surface area contributed by atoms with Gasteiger partial charge in [-0.25, -0.2) is 4.39 Å². The second-order valence-electron chi connectivity index (χ2n) is 3.27. The number of halogens is 4. The molecule has 0 aliphatic carbocycles. The fraction of sp³-hybridized carbons (Fsp3) is 0.400. The molecule has 0 bridgehead atoms. The summed E-state index contributed by atoms with van der Waals surface area (Å²) in [6.07, 6.45) is 0. The summed E-state index contributed by atoms with van der Waals surface area (Å²) in [5, 5.41) is 0.934. The fourth-order valence-electron chi connectivity index (χ4n) is 0.892. The van der Waals surface area contributed by atoms with Gasteiger partial charge in [-0.1, -0.05) is 34.5 Å². The van der Waals surface area contributed by atoms with Crippen molar-refractivity contribution < 1.29 is 9.13 Å². The zero-order chi connectivity index (χ0) is 11.4. The van der Waals surface area contributed by atoms with Gasteiger partial charge < -0.3 is 4.74 Å². The Morgan fingerprint density at radius 3 is 2.80 bits per heavy atom. The van der Waals surface area contributed by atoms with Crippen molar-refractivity contribution in [2.45, 2.75) is 6.92 Å². The lowest BCUT2D eigenvalue weighted by molar-refractivity contribution is 0.271. The molecule has 84 valence electrons. The van der Waals surface area contributed by atoms with E-state index in [0.29, 0.717) is 22.7 Å². The minimum Gasteiger partial charge on any atom is -0.492 e. The molecule has 0 aliphatic heterocycles. The number of alkyl halides is 1. The van der Waals surface area contributed by atoms with E-state index in [1.165, 1.54) is 12.1 Å². The predicted molar refractivity (Wildman–Crippen MR) is 67.6 cm³/mol. The van der Waals surface area contributed by atoms with E-state index in [4.69, 9.17) is 16.3 Å². The van der Waals surface area contributed by atoms with Crippen LogP contribution in [-0.4, -0.2) is 11.9 Å². The first kappa shape index (κ1) is 13.3. The van der Waals surface area contributed by atoms with Crippen LogP contribution >= 0.6 is 43.5 Å². The first-order chi connectivity index (χ1) is 7.04. The average molecular weight is 360 g/mol. The second-order valence-corrected chi connectivity index (χ2v) is 5.18. The number of benzene rings is 1. The molecule has 0 radical (unpaired) electrons. The van der Waals surface area contributed by atoms with Gasteiger partial charge in [-0.15, -0.1) is 0 Å². The summed E-state index contributed by atoms with van der Waals surface area (Å²) in [6.45, 7) is 2.57. The molecule has 1 nitrogen and oxygen atoms in total. The van der Waals surface area contributed by atoms with Crippen molar-refractivity contribution in [1.29, 1.82) is 0 Å². The number of rotatable bonds is 4. The van der Waals surface area contributed by atoms with E-state index < -0.39 is 5.82 Å². The summed E-state index contributed by atoms with van der Waals surface area (Å²) in [5.41, 5.74) is 0. The van der Waals surface area contributed by atoms with Gasteiger partial charge in [0.1, 0.15) is 11.6 Å². The Balaban J connectivity index is 2.73. The Bertz CT molecular complexity index is 346. The molecule has 1 aromatic carbocycles. The largest absolute Gasteiger partial charge is 0.492 e. The van der Waals surface area contributed by atoms with Gasteiger partial charge in [-0.3, -0.25) is 0 Å². The van der Waals surface area contributed by atoms with Gasteiger partial charge in [-0.05, 0) is 27.9 Å². The summed E-state index contributed by atoms with van der Waals surface area (Å²) >= 11 is 12.2. The van der Waals surface area contributed by atoms with Crippen molar-refractivity contribution in [3.05, 3.63) is 27.4 Å². The second kappa shape index (κ2) is 6.06. The Hall–Kier alpha value is 0.200. The summed E-state index contributed by atoms with van der Waals surface area (Å²) in [6, 6.07) is 2.78. The molecule has 1 atom stereocenters. The molecule has 0 heterocycles. The highest BCUT2D eigenvalue weighted by Gasteiger charge is 2.09. The molecule has 1 rings (SSSR count). The minimum absolute atomic E-state index is 0.0859. The maximum atomic E-state index is 13.1. The standard InChI is InChI=1S/C10H10Br2ClFO/c1-6(4-11)5-15-10-3-9(14)8(13)2-7(10)12/h2-3,6H,4-5H2,1H3. The first-order valence-electron chi connectivity index (χ1n) is 4.38. The van der Waals surface area contributed by atoms with Gasteiger partial charge in [0, 0.05) is 11.4 Å². The molecule has 0 N–H and O–H groups in total. The van der Waals surface area contributed by atoms with Gasteiger partial charge >= 0.3 is 0 Å². The van der Waals surface area contributed by atoms with Gasteiger partial charge in [-0.2, -0.15) is 0 Å². The molecular formula is C10H10Br2ClFO. The third kappa shape index (κ3) is 3.93. The highest BCUT2D eigenvalue weighted by atomic mass is 79.9. The Morgan fingerprint density at radius 1 is 1.53 bits per heavy atom. The zero-order valence-corrected chi connectivity index (χ0v) is 12.0. The Labute approximate surface area is 110 Å². The third-order valence-electron chi connectivity index (χ3n) is 1.76. The SMILES string of the molecule is CC(CBr)COc1cc(F)c(Cl)cc1Br. The van der Waals surface area contributed by atoms with E-state index in [1.807, 2.05) is 6.92 Å². The smallest absolute Gasteiger partial charge is 0.145 e. The number of hydrogen-bond donors (Lipinski definition) is 0. The highest BCUT2D eigenvalue weighted by Crippen LogP contribution is 2.30. The van der Waals surface area contributed by atoms with E-state index in [0.717, 1.165) is 5.33 Å². The van der Waals surface area contributed by atoms with Crippen LogP contribution in [0, 0.1) is 11.7 Å². The van der Waals surface area contributed by atoms with Crippen LogP contribution in [0.5, 0.6) is 5.75 Å². The van der Waals surface area contributed by atoms with E-state index in [-0.39, 0.29) is 5.02 Å². The fourth-order valence-corrected chi connectivity index (χ4v) is 1.83. The molecule has 15 heavy (non-hydrogen) atoms. The lowest BCUT2D eigenvalue weighted by Gasteiger charge is -2.12. The van der Waals surface area contributed by atoms with Crippen molar-refractivity contribution in [3.63, 3.8) is 0 Å². The molecule has 0 fully saturated rings. The van der Waals surface area contributed by atoms with Crippen LogP contribution in [0.25, 0.3) is 0 Å². The van der Waals surface area contributed by atoms with Crippen LogP contribution in [0.3, 0.4) is 0 Å². The molecule has 0 spiro atoms. The lowest BCUT2D eigenvalue weighted by Crippen LogP contribution is -2.09. The van der Waals surface area contributed by atoms with Crippen molar-refractivity contribution in [2.75, 3.05) is 11.9 Å². The van der Waals surface area contributed by atoms with Crippen molar-refractivity contribution in [3.8, 4) is 5.75 Å². The van der Waals surface area contributed by atoms with E-state index >= 15 is 0 Å². The van der Waals surface area contributed by atoms with Crippen LogP contribution in [0.2, 0.25) is 5.02 Å². The minimum atomic E-state index is -0.471.